The molecule has 1 atom stereocenters. The van der Waals surface area contributed by atoms with E-state index in [2.05, 4.69) is 19.5 Å². The van der Waals surface area contributed by atoms with Gasteiger partial charge in [-0.1, -0.05) is 13.8 Å². The highest BCUT2D eigenvalue weighted by Gasteiger charge is 2.41. The molecule has 156 valence electrons. The summed E-state index contributed by atoms with van der Waals surface area (Å²) in [6.07, 6.45) is -16.2. The van der Waals surface area contributed by atoms with E-state index in [-0.39, 0.29) is 6.07 Å². The standard InChI is InChI=1S/C14H14F9NO3/c1-6(2)10(24-3)9-7(25-12(15,16)17)4-5-8(26-13(18,19)20)11(9)27-14(21,22)23/h4-6,10,24H,1-3H3. The number of hydrogen-bond acceptors (Lipinski definition) is 4. The van der Waals surface area contributed by atoms with E-state index in [4.69, 9.17) is 0 Å². The van der Waals surface area contributed by atoms with Crippen molar-refractivity contribution < 1.29 is 53.7 Å². The molecule has 1 aromatic carbocycles. The Hall–Kier alpha value is -2.05. The Labute approximate surface area is 147 Å². The molecular formula is C14H14F9NO3. The lowest BCUT2D eigenvalue weighted by Gasteiger charge is -2.28. The lowest BCUT2D eigenvalue weighted by Crippen LogP contribution is -2.28. The lowest BCUT2D eigenvalue weighted by molar-refractivity contribution is -0.288. The molecule has 0 saturated heterocycles. The minimum Gasteiger partial charge on any atom is -0.405 e. The first-order valence-corrected chi connectivity index (χ1v) is 7.15. The van der Waals surface area contributed by atoms with Gasteiger partial charge in [0.15, 0.2) is 11.5 Å². The Balaban J connectivity index is 3.75. The zero-order valence-corrected chi connectivity index (χ0v) is 13.9. The van der Waals surface area contributed by atoms with Crippen LogP contribution in [0.1, 0.15) is 25.5 Å². The maximum Gasteiger partial charge on any atom is 0.573 e. The second kappa shape index (κ2) is 7.90. The van der Waals surface area contributed by atoms with Gasteiger partial charge >= 0.3 is 19.1 Å². The van der Waals surface area contributed by atoms with Gasteiger partial charge in [0.25, 0.3) is 0 Å². The normalized spacial score (nSPS) is 14.3. The molecule has 13 heteroatoms. The molecule has 1 aromatic rings. The third-order valence-corrected chi connectivity index (χ3v) is 3.08. The number of hydrogen-bond donors (Lipinski definition) is 1. The third-order valence-electron chi connectivity index (χ3n) is 3.08. The lowest BCUT2D eigenvalue weighted by atomic mass is 9.94. The molecule has 1 N–H and O–H groups in total. The fourth-order valence-electron chi connectivity index (χ4n) is 2.31. The summed E-state index contributed by atoms with van der Waals surface area (Å²) in [6.45, 7) is 2.82. The van der Waals surface area contributed by atoms with E-state index in [1.807, 2.05) is 0 Å². The van der Waals surface area contributed by atoms with Crippen LogP contribution < -0.4 is 19.5 Å². The molecule has 0 radical (unpaired) electrons. The first kappa shape index (κ1) is 23.0. The number of nitrogens with one attached hydrogen (secondary N) is 1. The fraction of sp³-hybridized carbons (Fsp3) is 0.571. The summed E-state index contributed by atoms with van der Waals surface area (Å²) >= 11 is 0. The summed E-state index contributed by atoms with van der Waals surface area (Å²) in [5.74, 6) is -4.88. The highest BCUT2D eigenvalue weighted by Crippen LogP contribution is 2.47. The Morgan fingerprint density at radius 2 is 1.15 bits per heavy atom. The van der Waals surface area contributed by atoms with Gasteiger partial charge < -0.3 is 19.5 Å². The molecule has 0 amide bonds. The van der Waals surface area contributed by atoms with Gasteiger partial charge in [0.1, 0.15) is 5.75 Å². The summed E-state index contributed by atoms with van der Waals surface area (Å²) in [4.78, 5) is 0. The van der Waals surface area contributed by atoms with Gasteiger partial charge in [-0.25, -0.2) is 0 Å². The molecule has 0 heterocycles. The third kappa shape index (κ3) is 7.23. The van der Waals surface area contributed by atoms with E-state index in [1.165, 1.54) is 20.9 Å². The van der Waals surface area contributed by atoms with Gasteiger partial charge in [-0.05, 0) is 25.1 Å². The minimum atomic E-state index is -5.51. The summed E-state index contributed by atoms with van der Waals surface area (Å²) in [5, 5.41) is 2.43. The maximum absolute atomic E-state index is 12.7. The average Bonchev–Trinajstić information content (AvgIpc) is 2.40. The summed E-state index contributed by atoms with van der Waals surface area (Å²) in [7, 11) is 1.19. The number of benzene rings is 1. The molecular weight excluding hydrogens is 401 g/mol. The van der Waals surface area contributed by atoms with Gasteiger partial charge in [-0.15, -0.1) is 39.5 Å². The van der Waals surface area contributed by atoms with Crippen LogP contribution in [-0.2, 0) is 0 Å². The molecule has 27 heavy (non-hydrogen) atoms. The van der Waals surface area contributed by atoms with Crippen LogP contribution in [-0.4, -0.2) is 26.1 Å². The summed E-state index contributed by atoms with van der Waals surface area (Å²) < 4.78 is 124. The van der Waals surface area contributed by atoms with Crippen molar-refractivity contribution in [3.05, 3.63) is 17.7 Å². The molecule has 0 fully saturated rings. The van der Waals surface area contributed by atoms with Gasteiger partial charge in [0.05, 0.1) is 5.56 Å². The second-order valence-corrected chi connectivity index (χ2v) is 5.46. The fourth-order valence-corrected chi connectivity index (χ4v) is 2.31. The molecule has 0 spiro atoms. The van der Waals surface area contributed by atoms with Gasteiger partial charge in [0, 0.05) is 6.04 Å². The molecule has 1 rings (SSSR count). The topological polar surface area (TPSA) is 39.7 Å². The monoisotopic (exact) mass is 415 g/mol. The highest BCUT2D eigenvalue weighted by atomic mass is 19.4. The van der Waals surface area contributed by atoms with Crippen LogP contribution in [0.2, 0.25) is 0 Å². The van der Waals surface area contributed by atoms with Gasteiger partial charge in [0.2, 0.25) is 0 Å². The van der Waals surface area contributed by atoms with E-state index < -0.39 is 53.9 Å². The predicted octanol–water partition coefficient (Wildman–Crippen LogP) is 5.30. The number of halogens is 9. The van der Waals surface area contributed by atoms with Crippen molar-refractivity contribution in [2.75, 3.05) is 7.05 Å². The van der Waals surface area contributed by atoms with E-state index in [9.17, 15) is 39.5 Å². The van der Waals surface area contributed by atoms with E-state index in [0.717, 1.165) is 0 Å². The number of ether oxygens (including phenoxy) is 3. The Morgan fingerprint density at radius 3 is 1.52 bits per heavy atom. The quantitative estimate of drug-likeness (QED) is 0.641. The molecule has 0 bridgehead atoms. The average molecular weight is 415 g/mol. The largest absolute Gasteiger partial charge is 0.573 e. The summed E-state index contributed by atoms with van der Waals surface area (Å²) in [6, 6.07) is -0.636. The number of alkyl halides is 9. The van der Waals surface area contributed by atoms with Crippen LogP contribution in [0, 0.1) is 5.92 Å². The smallest absolute Gasteiger partial charge is 0.405 e. The van der Waals surface area contributed by atoms with E-state index >= 15 is 0 Å². The Kier molecular flexibility index (Phi) is 6.73. The zero-order valence-electron chi connectivity index (χ0n) is 13.9. The minimum absolute atomic E-state index is 0.242. The molecule has 0 saturated carbocycles. The van der Waals surface area contributed by atoms with Crippen LogP contribution >= 0.6 is 0 Å². The Bertz CT molecular complexity index is 638. The van der Waals surface area contributed by atoms with E-state index in [0.29, 0.717) is 6.07 Å². The SMILES string of the molecule is CNC(c1c(OC(F)(F)F)ccc(OC(F)(F)F)c1OC(F)(F)F)C(C)C. The van der Waals surface area contributed by atoms with Crippen molar-refractivity contribution in [2.24, 2.45) is 5.92 Å². The molecule has 0 aliphatic heterocycles. The predicted molar refractivity (Wildman–Crippen MR) is 73.1 cm³/mol. The first-order valence-electron chi connectivity index (χ1n) is 7.15. The van der Waals surface area contributed by atoms with Gasteiger partial charge in [-0.2, -0.15) is 0 Å². The molecule has 4 nitrogen and oxygen atoms in total. The van der Waals surface area contributed by atoms with Crippen molar-refractivity contribution >= 4 is 0 Å². The van der Waals surface area contributed by atoms with Crippen LogP contribution in [0.15, 0.2) is 12.1 Å². The second-order valence-electron chi connectivity index (χ2n) is 5.46. The molecule has 0 aliphatic rings. The van der Waals surface area contributed by atoms with Crippen LogP contribution in [0.4, 0.5) is 39.5 Å². The van der Waals surface area contributed by atoms with Crippen molar-refractivity contribution in [1.29, 1.82) is 0 Å². The summed E-state index contributed by atoms with van der Waals surface area (Å²) in [5.41, 5.74) is -0.927. The molecule has 1 unspecified atom stereocenters. The van der Waals surface area contributed by atoms with Crippen LogP contribution in [0.5, 0.6) is 17.2 Å². The number of rotatable bonds is 6. The van der Waals surface area contributed by atoms with Crippen LogP contribution in [0.3, 0.4) is 0 Å². The van der Waals surface area contributed by atoms with Crippen molar-refractivity contribution in [1.82, 2.24) is 5.32 Å². The van der Waals surface area contributed by atoms with E-state index in [1.54, 1.807) is 0 Å². The molecule has 0 aliphatic carbocycles. The van der Waals surface area contributed by atoms with Crippen molar-refractivity contribution in [2.45, 2.75) is 39.0 Å². The van der Waals surface area contributed by atoms with Crippen molar-refractivity contribution in [3.8, 4) is 17.2 Å². The van der Waals surface area contributed by atoms with Crippen LogP contribution in [0.25, 0.3) is 0 Å². The van der Waals surface area contributed by atoms with Crippen molar-refractivity contribution in [3.63, 3.8) is 0 Å². The highest BCUT2D eigenvalue weighted by molar-refractivity contribution is 5.56. The first-order chi connectivity index (χ1) is 12.0. The maximum atomic E-state index is 12.7. The Morgan fingerprint density at radius 1 is 0.741 bits per heavy atom. The van der Waals surface area contributed by atoms with Gasteiger partial charge in [-0.3, -0.25) is 0 Å². The zero-order chi connectivity index (χ0) is 21.2. The molecule has 0 aromatic heterocycles.